The van der Waals surface area contributed by atoms with Crippen molar-refractivity contribution >= 4 is 22.5 Å². The molecule has 0 amide bonds. The number of fused-ring (bicyclic) bond motifs is 1. The number of likely N-dealkylation sites (N-methyl/N-ethyl adjacent to an activating group) is 2. The minimum Gasteiger partial charge on any atom is -0.457 e. The van der Waals surface area contributed by atoms with Crippen molar-refractivity contribution in [2.24, 2.45) is 0 Å². The molecule has 1 heterocycles. The van der Waals surface area contributed by atoms with Crippen molar-refractivity contribution < 1.29 is 4.74 Å². The van der Waals surface area contributed by atoms with Crippen LogP contribution in [0.5, 0.6) is 11.5 Å². The molecule has 0 fully saturated rings. The van der Waals surface area contributed by atoms with Crippen LogP contribution >= 0.6 is 11.6 Å². The molecule has 0 unspecified atom stereocenters. The summed E-state index contributed by atoms with van der Waals surface area (Å²) in [5.41, 5.74) is 2.03. The maximum absolute atomic E-state index is 5.91. The molecule has 24 heavy (non-hydrogen) atoms. The van der Waals surface area contributed by atoms with Gasteiger partial charge in [-0.1, -0.05) is 11.6 Å². The summed E-state index contributed by atoms with van der Waals surface area (Å²) in [5, 5.41) is 12.5. The molecular formula is C18H21ClN4O. The Kier molecular flexibility index (Phi) is 5.35. The zero-order valence-electron chi connectivity index (χ0n) is 13.8. The van der Waals surface area contributed by atoms with Gasteiger partial charge in [-0.25, -0.2) is 0 Å². The maximum atomic E-state index is 5.91. The second kappa shape index (κ2) is 7.66. The van der Waals surface area contributed by atoms with Gasteiger partial charge in [0.05, 0.1) is 11.2 Å². The van der Waals surface area contributed by atoms with Crippen LogP contribution in [-0.2, 0) is 6.54 Å². The molecule has 0 saturated heterocycles. The second-order valence-electron chi connectivity index (χ2n) is 5.78. The number of nitrogens with one attached hydrogen (secondary N) is 2. The van der Waals surface area contributed by atoms with E-state index in [1.54, 1.807) is 0 Å². The van der Waals surface area contributed by atoms with Crippen LogP contribution in [-0.4, -0.2) is 42.3 Å². The van der Waals surface area contributed by atoms with Crippen LogP contribution in [0, 0.1) is 0 Å². The summed E-state index contributed by atoms with van der Waals surface area (Å²) in [6, 6.07) is 13.3. The molecule has 0 aliphatic rings. The number of nitrogens with zero attached hydrogens (tertiary/aromatic N) is 2. The van der Waals surface area contributed by atoms with E-state index >= 15 is 0 Å². The highest BCUT2D eigenvalue weighted by Crippen LogP contribution is 2.27. The SMILES string of the molecule is CNCCN(C)Cc1n[nH]c2ccc(Oc3ccc(Cl)cc3)cc12. The van der Waals surface area contributed by atoms with Crippen molar-refractivity contribution in [2.45, 2.75) is 6.54 Å². The molecule has 5 nitrogen and oxygen atoms in total. The summed E-state index contributed by atoms with van der Waals surface area (Å²) in [5.74, 6) is 1.54. The van der Waals surface area contributed by atoms with Gasteiger partial charge in [-0.2, -0.15) is 5.10 Å². The van der Waals surface area contributed by atoms with Gasteiger partial charge >= 0.3 is 0 Å². The zero-order chi connectivity index (χ0) is 16.9. The molecular weight excluding hydrogens is 324 g/mol. The van der Waals surface area contributed by atoms with E-state index < -0.39 is 0 Å². The van der Waals surface area contributed by atoms with E-state index in [4.69, 9.17) is 16.3 Å². The lowest BCUT2D eigenvalue weighted by atomic mass is 10.2. The number of ether oxygens (including phenoxy) is 1. The van der Waals surface area contributed by atoms with E-state index in [-0.39, 0.29) is 0 Å². The van der Waals surface area contributed by atoms with Crippen molar-refractivity contribution in [2.75, 3.05) is 27.2 Å². The lowest BCUT2D eigenvalue weighted by Gasteiger charge is -2.14. The van der Waals surface area contributed by atoms with Crippen molar-refractivity contribution in [3.8, 4) is 11.5 Å². The Labute approximate surface area is 146 Å². The highest BCUT2D eigenvalue weighted by molar-refractivity contribution is 6.30. The Bertz CT molecular complexity index is 800. The first-order valence-corrected chi connectivity index (χ1v) is 8.27. The largest absolute Gasteiger partial charge is 0.457 e. The molecule has 6 heteroatoms. The topological polar surface area (TPSA) is 53.2 Å². The molecule has 1 aromatic heterocycles. The minimum absolute atomic E-state index is 0.694. The number of H-pyrrole nitrogens is 1. The van der Waals surface area contributed by atoms with Gasteiger partial charge in [0.1, 0.15) is 11.5 Å². The fourth-order valence-corrected chi connectivity index (χ4v) is 2.63. The Morgan fingerprint density at radius 1 is 1.17 bits per heavy atom. The quantitative estimate of drug-likeness (QED) is 0.686. The third-order valence-electron chi connectivity index (χ3n) is 3.83. The number of rotatable bonds is 7. The van der Waals surface area contributed by atoms with Crippen LogP contribution < -0.4 is 10.1 Å². The van der Waals surface area contributed by atoms with Crippen molar-refractivity contribution in [1.29, 1.82) is 0 Å². The number of hydrogen-bond acceptors (Lipinski definition) is 4. The van der Waals surface area contributed by atoms with Gasteiger partial charge in [-0.3, -0.25) is 10.00 Å². The van der Waals surface area contributed by atoms with E-state index in [2.05, 4.69) is 27.5 Å². The smallest absolute Gasteiger partial charge is 0.128 e. The summed E-state index contributed by atoms with van der Waals surface area (Å²) >= 11 is 5.91. The minimum atomic E-state index is 0.694. The van der Waals surface area contributed by atoms with Gasteiger partial charge < -0.3 is 10.1 Å². The van der Waals surface area contributed by atoms with Crippen molar-refractivity contribution in [1.82, 2.24) is 20.4 Å². The third kappa shape index (κ3) is 4.06. The highest BCUT2D eigenvalue weighted by atomic mass is 35.5. The maximum Gasteiger partial charge on any atom is 0.128 e. The molecule has 2 aromatic carbocycles. The monoisotopic (exact) mass is 344 g/mol. The Hall–Kier alpha value is -2.08. The van der Waals surface area contributed by atoms with Gasteiger partial charge in [0.25, 0.3) is 0 Å². The first-order chi connectivity index (χ1) is 11.7. The molecule has 0 aliphatic heterocycles. The standard InChI is InChI=1S/C18H21ClN4O/c1-20-9-10-23(2)12-18-16-11-15(7-8-17(16)21-22-18)24-14-5-3-13(19)4-6-14/h3-8,11,20H,9-10,12H2,1-2H3,(H,21,22). The lowest BCUT2D eigenvalue weighted by Crippen LogP contribution is -2.27. The fraction of sp³-hybridized carbons (Fsp3) is 0.278. The number of aromatic nitrogens is 2. The average Bonchev–Trinajstić information content (AvgIpc) is 2.97. The van der Waals surface area contributed by atoms with Crippen LogP contribution in [0.1, 0.15) is 5.69 Å². The summed E-state index contributed by atoms with van der Waals surface area (Å²) in [6.07, 6.45) is 0. The molecule has 3 aromatic rings. The van der Waals surface area contributed by atoms with Crippen LogP contribution in [0.4, 0.5) is 0 Å². The predicted molar refractivity (Wildman–Crippen MR) is 97.9 cm³/mol. The van der Waals surface area contributed by atoms with Gasteiger partial charge in [0, 0.05) is 30.0 Å². The van der Waals surface area contributed by atoms with Crippen LogP contribution in [0.15, 0.2) is 42.5 Å². The third-order valence-corrected chi connectivity index (χ3v) is 4.08. The summed E-state index contributed by atoms with van der Waals surface area (Å²) in [4.78, 5) is 2.23. The van der Waals surface area contributed by atoms with Gasteiger partial charge in [0.15, 0.2) is 0 Å². The zero-order valence-corrected chi connectivity index (χ0v) is 14.6. The van der Waals surface area contributed by atoms with Crippen molar-refractivity contribution in [3.63, 3.8) is 0 Å². The molecule has 0 aliphatic carbocycles. The summed E-state index contributed by atoms with van der Waals surface area (Å²) < 4.78 is 5.91. The summed E-state index contributed by atoms with van der Waals surface area (Å²) in [7, 11) is 4.05. The summed E-state index contributed by atoms with van der Waals surface area (Å²) in [6.45, 7) is 2.70. The molecule has 126 valence electrons. The molecule has 0 radical (unpaired) electrons. The number of benzene rings is 2. The van der Waals surface area contributed by atoms with E-state index in [1.807, 2.05) is 49.5 Å². The number of aromatic amines is 1. The molecule has 0 bridgehead atoms. The van der Waals surface area contributed by atoms with E-state index in [9.17, 15) is 0 Å². The van der Waals surface area contributed by atoms with E-state index in [0.717, 1.165) is 47.7 Å². The highest BCUT2D eigenvalue weighted by Gasteiger charge is 2.10. The molecule has 0 saturated carbocycles. The first-order valence-electron chi connectivity index (χ1n) is 7.89. The van der Waals surface area contributed by atoms with E-state index in [0.29, 0.717) is 5.02 Å². The van der Waals surface area contributed by atoms with Gasteiger partial charge in [0.2, 0.25) is 0 Å². The fourth-order valence-electron chi connectivity index (χ4n) is 2.51. The van der Waals surface area contributed by atoms with E-state index in [1.165, 1.54) is 0 Å². The number of halogens is 1. The molecule has 2 N–H and O–H groups in total. The molecule has 0 spiro atoms. The van der Waals surface area contributed by atoms with Crippen molar-refractivity contribution in [3.05, 3.63) is 53.2 Å². The normalized spacial score (nSPS) is 11.3. The first kappa shape index (κ1) is 16.8. The molecule has 3 rings (SSSR count). The van der Waals surface area contributed by atoms with Gasteiger partial charge in [-0.15, -0.1) is 0 Å². The van der Waals surface area contributed by atoms with Crippen LogP contribution in [0.3, 0.4) is 0 Å². The Balaban J connectivity index is 1.79. The number of hydrogen-bond donors (Lipinski definition) is 2. The lowest BCUT2D eigenvalue weighted by molar-refractivity contribution is 0.325. The second-order valence-corrected chi connectivity index (χ2v) is 6.21. The van der Waals surface area contributed by atoms with Gasteiger partial charge in [-0.05, 0) is 56.6 Å². The Morgan fingerprint density at radius 2 is 1.92 bits per heavy atom. The predicted octanol–water partition coefficient (Wildman–Crippen LogP) is 3.66. The van der Waals surface area contributed by atoms with Crippen LogP contribution in [0.25, 0.3) is 10.9 Å². The average molecular weight is 345 g/mol. The van der Waals surface area contributed by atoms with Crippen LogP contribution in [0.2, 0.25) is 5.02 Å². The Morgan fingerprint density at radius 3 is 2.67 bits per heavy atom. The molecule has 0 atom stereocenters.